The monoisotopic (exact) mass is 485 g/mol. The number of nitrogens with one attached hydrogen (secondary N) is 2. The van der Waals surface area contributed by atoms with Gasteiger partial charge in [-0.3, -0.25) is 0 Å². The molecule has 3 N–H and O–H groups in total. The van der Waals surface area contributed by atoms with E-state index in [4.69, 9.17) is 9.15 Å². The van der Waals surface area contributed by atoms with Gasteiger partial charge in [0.2, 0.25) is 0 Å². The summed E-state index contributed by atoms with van der Waals surface area (Å²) in [5.41, 5.74) is 0.0776. The van der Waals surface area contributed by atoms with Gasteiger partial charge in [-0.2, -0.15) is 0 Å². The first-order valence-electron chi connectivity index (χ1n) is 9.04. The van der Waals surface area contributed by atoms with Gasteiger partial charge in [0.05, 0.1) is 13.1 Å². The molecule has 0 radical (unpaired) electrons. The summed E-state index contributed by atoms with van der Waals surface area (Å²) in [6, 6.07) is 11.7. The molecule has 2 heterocycles. The Balaban J connectivity index is 0.00000261. The van der Waals surface area contributed by atoms with Crippen LogP contribution in [-0.2, 0) is 12.0 Å². The second-order valence-corrected chi connectivity index (χ2v) is 6.81. The third-order valence-corrected chi connectivity index (χ3v) is 4.37. The Labute approximate surface area is 177 Å². The molecule has 0 aliphatic carbocycles. The fraction of sp³-hybridized carbons (Fsp3) is 0.450. The van der Waals surface area contributed by atoms with E-state index >= 15 is 0 Å². The van der Waals surface area contributed by atoms with Crippen LogP contribution in [0.2, 0.25) is 0 Å². The Morgan fingerprint density at radius 2 is 2.04 bits per heavy atom. The van der Waals surface area contributed by atoms with Crippen LogP contribution in [0.25, 0.3) is 0 Å². The van der Waals surface area contributed by atoms with Crippen LogP contribution in [0.3, 0.4) is 0 Å². The Kier molecular flexibility index (Phi) is 7.55. The van der Waals surface area contributed by atoms with Crippen molar-refractivity contribution in [1.82, 2.24) is 10.6 Å². The fourth-order valence-electron chi connectivity index (χ4n) is 2.95. The maximum absolute atomic E-state index is 10.6. The first-order chi connectivity index (χ1) is 12.5. The predicted molar refractivity (Wildman–Crippen MR) is 117 cm³/mol. The lowest BCUT2D eigenvalue weighted by atomic mass is 10.0. The van der Waals surface area contributed by atoms with Gasteiger partial charge in [-0.15, -0.1) is 24.0 Å². The number of hydrogen-bond donors (Lipinski definition) is 3. The van der Waals surface area contributed by atoms with Crippen LogP contribution < -0.4 is 15.4 Å². The topological polar surface area (TPSA) is 79.0 Å². The van der Waals surface area contributed by atoms with E-state index in [1.807, 2.05) is 38.1 Å². The molecule has 0 amide bonds. The molecule has 0 fully saturated rings. The van der Waals surface area contributed by atoms with Crippen molar-refractivity contribution in [3.63, 3.8) is 0 Å². The summed E-state index contributed by atoms with van der Waals surface area (Å²) in [6.07, 6.45) is 0.955. The number of furan rings is 1. The normalized spacial score (nSPS) is 18.1. The van der Waals surface area contributed by atoms with Gasteiger partial charge in [0.15, 0.2) is 5.96 Å². The maximum atomic E-state index is 10.6. The van der Waals surface area contributed by atoms with Gasteiger partial charge in [-0.1, -0.05) is 18.2 Å². The van der Waals surface area contributed by atoms with E-state index < -0.39 is 5.60 Å². The van der Waals surface area contributed by atoms with Crippen molar-refractivity contribution >= 4 is 29.9 Å². The molecule has 2 aromatic rings. The maximum Gasteiger partial charge on any atom is 0.191 e. The van der Waals surface area contributed by atoms with E-state index in [2.05, 4.69) is 21.7 Å². The summed E-state index contributed by atoms with van der Waals surface area (Å²) in [6.45, 7) is 7.14. The molecule has 2 atom stereocenters. The molecule has 1 aromatic heterocycles. The number of para-hydroxylation sites is 1. The van der Waals surface area contributed by atoms with Crippen molar-refractivity contribution in [3.8, 4) is 5.75 Å². The Hall–Kier alpha value is -1.74. The lowest BCUT2D eigenvalue weighted by molar-refractivity contribution is 0.0428. The highest BCUT2D eigenvalue weighted by atomic mass is 127. The van der Waals surface area contributed by atoms with Gasteiger partial charge >= 0.3 is 0 Å². The summed E-state index contributed by atoms with van der Waals surface area (Å²) < 4.78 is 11.5. The SMILES string of the molecule is CCNC(=NCC(C)(O)c1ccc(C)o1)NCC1Cc2ccccc2O1.I. The lowest BCUT2D eigenvalue weighted by Gasteiger charge is -2.20. The molecule has 27 heavy (non-hydrogen) atoms. The predicted octanol–water partition coefficient (Wildman–Crippen LogP) is 2.97. The van der Waals surface area contributed by atoms with Gasteiger partial charge in [0, 0.05) is 13.0 Å². The van der Waals surface area contributed by atoms with Gasteiger partial charge in [-0.05, 0) is 44.5 Å². The van der Waals surface area contributed by atoms with E-state index in [1.54, 1.807) is 13.0 Å². The van der Waals surface area contributed by atoms with Crippen molar-refractivity contribution in [2.75, 3.05) is 19.6 Å². The van der Waals surface area contributed by atoms with E-state index in [1.165, 1.54) is 5.56 Å². The van der Waals surface area contributed by atoms with Crippen molar-refractivity contribution < 1.29 is 14.3 Å². The van der Waals surface area contributed by atoms with Gasteiger partial charge in [0.25, 0.3) is 0 Å². The molecule has 0 saturated heterocycles. The summed E-state index contributed by atoms with van der Waals surface area (Å²) in [5, 5.41) is 17.1. The number of halogens is 1. The smallest absolute Gasteiger partial charge is 0.191 e. The van der Waals surface area contributed by atoms with Crippen LogP contribution in [0.1, 0.15) is 30.9 Å². The number of aliphatic hydroxyl groups is 1. The molecular weight excluding hydrogens is 457 g/mol. The number of hydrogen-bond acceptors (Lipinski definition) is 4. The van der Waals surface area contributed by atoms with Gasteiger partial charge in [0.1, 0.15) is 29.0 Å². The van der Waals surface area contributed by atoms with E-state index in [0.29, 0.717) is 18.3 Å². The molecule has 0 spiro atoms. The highest BCUT2D eigenvalue weighted by Gasteiger charge is 2.27. The zero-order valence-electron chi connectivity index (χ0n) is 16.0. The standard InChI is InChI=1S/C20H27N3O3.HI/c1-4-21-19(23-13-20(3,24)18-10-9-14(2)25-18)22-12-16-11-15-7-5-6-8-17(15)26-16;/h5-10,16,24H,4,11-13H2,1-3H3,(H2,21,22,23);1H. The number of fused-ring (bicyclic) bond motifs is 1. The molecule has 148 valence electrons. The molecule has 3 rings (SSSR count). The van der Waals surface area contributed by atoms with Crippen LogP contribution in [0.5, 0.6) is 5.75 Å². The van der Waals surface area contributed by atoms with Crippen LogP contribution >= 0.6 is 24.0 Å². The van der Waals surface area contributed by atoms with Crippen molar-refractivity contribution in [3.05, 3.63) is 53.5 Å². The number of benzene rings is 1. The average Bonchev–Trinajstić information content (AvgIpc) is 3.23. The van der Waals surface area contributed by atoms with Crippen molar-refractivity contribution in [1.29, 1.82) is 0 Å². The summed E-state index contributed by atoms with van der Waals surface area (Å²) in [5.74, 6) is 2.89. The first-order valence-corrected chi connectivity index (χ1v) is 9.04. The lowest BCUT2D eigenvalue weighted by Crippen LogP contribution is -2.43. The minimum atomic E-state index is -1.16. The first kappa shape index (κ1) is 21.6. The molecule has 1 aromatic carbocycles. The third-order valence-electron chi connectivity index (χ3n) is 4.37. The number of guanidine groups is 1. The quantitative estimate of drug-likeness (QED) is 0.333. The number of nitrogens with zero attached hydrogens (tertiary/aromatic N) is 1. The Morgan fingerprint density at radius 1 is 1.26 bits per heavy atom. The van der Waals surface area contributed by atoms with E-state index in [-0.39, 0.29) is 36.6 Å². The highest BCUT2D eigenvalue weighted by molar-refractivity contribution is 14.0. The zero-order valence-corrected chi connectivity index (χ0v) is 18.3. The zero-order chi connectivity index (χ0) is 18.6. The molecule has 2 unspecified atom stereocenters. The van der Waals surface area contributed by atoms with E-state index in [9.17, 15) is 5.11 Å². The summed E-state index contributed by atoms with van der Waals surface area (Å²) >= 11 is 0. The van der Waals surface area contributed by atoms with Crippen LogP contribution in [0.4, 0.5) is 0 Å². The number of rotatable bonds is 6. The molecule has 7 heteroatoms. The molecular formula is C20H28IN3O3. The molecule has 1 aliphatic heterocycles. The van der Waals surface area contributed by atoms with Gasteiger partial charge in [-0.25, -0.2) is 4.99 Å². The highest BCUT2D eigenvalue weighted by Crippen LogP contribution is 2.27. The molecule has 0 saturated carbocycles. The van der Waals surface area contributed by atoms with Crippen molar-refractivity contribution in [2.24, 2.45) is 4.99 Å². The number of ether oxygens (including phenoxy) is 1. The number of aliphatic imine (C=N–C) groups is 1. The largest absolute Gasteiger partial charge is 0.488 e. The Morgan fingerprint density at radius 3 is 2.70 bits per heavy atom. The molecule has 1 aliphatic rings. The fourth-order valence-corrected chi connectivity index (χ4v) is 2.95. The molecule has 6 nitrogen and oxygen atoms in total. The molecule has 0 bridgehead atoms. The number of aryl methyl sites for hydroxylation is 1. The second-order valence-electron chi connectivity index (χ2n) is 6.81. The van der Waals surface area contributed by atoms with Crippen LogP contribution in [0, 0.1) is 6.92 Å². The van der Waals surface area contributed by atoms with Crippen LogP contribution in [0.15, 0.2) is 45.8 Å². The van der Waals surface area contributed by atoms with Gasteiger partial charge < -0.3 is 24.9 Å². The average molecular weight is 485 g/mol. The summed E-state index contributed by atoms with van der Waals surface area (Å²) in [7, 11) is 0. The van der Waals surface area contributed by atoms with Crippen LogP contribution in [-0.4, -0.2) is 36.8 Å². The third kappa shape index (κ3) is 5.62. The minimum Gasteiger partial charge on any atom is -0.488 e. The Bertz CT molecular complexity index is 748. The van der Waals surface area contributed by atoms with E-state index in [0.717, 1.165) is 24.5 Å². The van der Waals surface area contributed by atoms with Crippen molar-refractivity contribution in [2.45, 2.75) is 38.9 Å². The summed E-state index contributed by atoms with van der Waals surface area (Å²) in [4.78, 5) is 4.51. The second kappa shape index (κ2) is 9.45. The minimum absolute atomic E-state index is 0.